The van der Waals surface area contributed by atoms with Gasteiger partial charge in [-0.05, 0) is 56.0 Å². The zero-order chi connectivity index (χ0) is 15.7. The minimum absolute atomic E-state index is 0.148. The van der Waals surface area contributed by atoms with Gasteiger partial charge >= 0.3 is 0 Å². The van der Waals surface area contributed by atoms with Crippen LogP contribution in [0.2, 0.25) is 0 Å². The molecule has 0 saturated carbocycles. The third-order valence-electron chi connectivity index (χ3n) is 5.37. The van der Waals surface area contributed by atoms with Crippen LogP contribution >= 0.6 is 0 Å². The molecule has 0 amide bonds. The van der Waals surface area contributed by atoms with Crippen molar-refractivity contribution in [2.75, 3.05) is 13.6 Å². The first kappa shape index (κ1) is 15.3. The van der Waals surface area contributed by atoms with Gasteiger partial charge in [0, 0.05) is 18.0 Å². The third-order valence-corrected chi connectivity index (χ3v) is 5.37. The first-order valence-electron chi connectivity index (χ1n) is 8.38. The second-order valence-electron chi connectivity index (χ2n) is 6.94. The lowest BCUT2D eigenvalue weighted by atomic mass is 9.65. The van der Waals surface area contributed by atoms with Crippen LogP contribution in [0.1, 0.15) is 33.6 Å². The van der Waals surface area contributed by atoms with E-state index >= 15 is 0 Å². The number of likely N-dealkylation sites (tertiary alicyclic amines) is 1. The van der Waals surface area contributed by atoms with Gasteiger partial charge in [0.1, 0.15) is 0 Å². The molecule has 1 saturated heterocycles. The normalized spacial score (nSPS) is 32.3. The SMILES string of the molecule is C/C=C\C=C/C1=C(C)C(C2CCN2C)=CC2(C)CC=CC=C12. The lowest BCUT2D eigenvalue weighted by molar-refractivity contribution is 0.156. The summed E-state index contributed by atoms with van der Waals surface area (Å²) in [6, 6.07) is 0.606. The van der Waals surface area contributed by atoms with Gasteiger partial charge in [0.25, 0.3) is 0 Å². The molecule has 116 valence electrons. The van der Waals surface area contributed by atoms with Gasteiger partial charge in [0.15, 0.2) is 0 Å². The minimum Gasteiger partial charge on any atom is -0.299 e. The standard InChI is InChI=1S/C21H27N/c1-5-6-7-10-17-16(2)18(20-12-14-22(20)4)15-21(3)13-9-8-11-19(17)21/h5-11,15,20H,12-14H2,1-4H3/b6-5-,10-7-. The van der Waals surface area contributed by atoms with E-state index in [9.17, 15) is 0 Å². The third kappa shape index (κ3) is 2.48. The van der Waals surface area contributed by atoms with Gasteiger partial charge in [-0.2, -0.15) is 0 Å². The molecule has 1 aliphatic heterocycles. The van der Waals surface area contributed by atoms with Crippen LogP contribution in [0.4, 0.5) is 0 Å². The van der Waals surface area contributed by atoms with Crippen molar-refractivity contribution >= 4 is 0 Å². The predicted molar refractivity (Wildman–Crippen MR) is 95.7 cm³/mol. The summed E-state index contributed by atoms with van der Waals surface area (Å²) in [5.41, 5.74) is 6.04. The van der Waals surface area contributed by atoms with Gasteiger partial charge in [-0.1, -0.05) is 55.5 Å². The molecule has 1 heteroatoms. The Hall–Kier alpha value is -1.60. The smallest absolute Gasteiger partial charge is 0.0357 e. The fraction of sp³-hybridized carbons (Fsp3) is 0.429. The van der Waals surface area contributed by atoms with Gasteiger partial charge in [-0.25, -0.2) is 0 Å². The summed E-state index contributed by atoms with van der Waals surface area (Å²) in [5.74, 6) is 0. The molecule has 0 aromatic rings. The van der Waals surface area contributed by atoms with Crippen LogP contribution in [0.5, 0.6) is 0 Å². The van der Waals surface area contributed by atoms with Crippen molar-refractivity contribution < 1.29 is 0 Å². The lowest BCUT2D eigenvalue weighted by Crippen LogP contribution is -2.47. The fourth-order valence-electron chi connectivity index (χ4n) is 3.85. The van der Waals surface area contributed by atoms with Gasteiger partial charge < -0.3 is 0 Å². The molecule has 0 aromatic carbocycles. The molecule has 0 N–H and O–H groups in total. The van der Waals surface area contributed by atoms with E-state index in [1.54, 1.807) is 5.57 Å². The summed E-state index contributed by atoms with van der Waals surface area (Å²) < 4.78 is 0. The summed E-state index contributed by atoms with van der Waals surface area (Å²) >= 11 is 0. The van der Waals surface area contributed by atoms with Crippen LogP contribution in [-0.2, 0) is 0 Å². The molecule has 1 fully saturated rings. The molecular weight excluding hydrogens is 266 g/mol. The average molecular weight is 293 g/mol. The van der Waals surface area contributed by atoms with Crippen molar-refractivity contribution in [3.05, 3.63) is 70.9 Å². The van der Waals surface area contributed by atoms with Crippen molar-refractivity contribution in [3.63, 3.8) is 0 Å². The predicted octanol–water partition coefficient (Wildman–Crippen LogP) is 4.97. The highest BCUT2D eigenvalue weighted by Gasteiger charge is 2.38. The minimum atomic E-state index is 0.148. The van der Waals surface area contributed by atoms with Crippen LogP contribution < -0.4 is 0 Å². The van der Waals surface area contributed by atoms with Crippen LogP contribution in [0.25, 0.3) is 0 Å². The Bertz CT molecular complexity index is 639. The number of hydrogen-bond acceptors (Lipinski definition) is 1. The Morgan fingerprint density at radius 3 is 2.77 bits per heavy atom. The Morgan fingerprint density at radius 2 is 2.14 bits per heavy atom. The molecule has 0 spiro atoms. The highest BCUT2D eigenvalue weighted by molar-refractivity contribution is 5.61. The highest BCUT2D eigenvalue weighted by atomic mass is 15.2. The Kier molecular flexibility index (Phi) is 4.10. The van der Waals surface area contributed by atoms with Crippen molar-refractivity contribution in [2.45, 2.75) is 39.7 Å². The summed E-state index contributed by atoms with van der Waals surface area (Å²) in [7, 11) is 2.24. The van der Waals surface area contributed by atoms with Crippen LogP contribution in [0.15, 0.2) is 70.9 Å². The summed E-state index contributed by atoms with van der Waals surface area (Å²) in [5, 5.41) is 0. The monoisotopic (exact) mass is 293 g/mol. The molecule has 0 radical (unpaired) electrons. The Labute approximate surface area is 135 Å². The van der Waals surface area contributed by atoms with E-state index in [1.807, 2.05) is 0 Å². The fourth-order valence-corrected chi connectivity index (χ4v) is 3.85. The average Bonchev–Trinajstić information content (AvgIpc) is 2.49. The van der Waals surface area contributed by atoms with Crippen molar-refractivity contribution in [3.8, 4) is 0 Å². The van der Waals surface area contributed by atoms with Crippen LogP contribution in [0, 0.1) is 5.41 Å². The quantitative estimate of drug-likeness (QED) is 0.664. The second-order valence-corrected chi connectivity index (χ2v) is 6.94. The number of allylic oxidation sites excluding steroid dienone is 10. The summed E-state index contributed by atoms with van der Waals surface area (Å²) in [6.45, 7) is 7.97. The van der Waals surface area contributed by atoms with Gasteiger partial charge in [0.05, 0.1) is 0 Å². The van der Waals surface area contributed by atoms with E-state index in [2.05, 4.69) is 81.3 Å². The molecule has 0 bridgehead atoms. The number of nitrogens with zero attached hydrogens (tertiary/aromatic N) is 1. The first-order valence-corrected chi connectivity index (χ1v) is 8.38. The van der Waals surface area contributed by atoms with Crippen molar-refractivity contribution in [2.24, 2.45) is 5.41 Å². The highest BCUT2D eigenvalue weighted by Crippen LogP contribution is 2.48. The van der Waals surface area contributed by atoms with E-state index in [-0.39, 0.29) is 5.41 Å². The maximum atomic E-state index is 2.55. The molecule has 1 heterocycles. The van der Waals surface area contributed by atoms with Crippen molar-refractivity contribution in [1.82, 2.24) is 4.90 Å². The Balaban J connectivity index is 2.08. The van der Waals surface area contributed by atoms with Crippen molar-refractivity contribution in [1.29, 1.82) is 0 Å². The van der Waals surface area contributed by atoms with E-state index in [0.29, 0.717) is 6.04 Å². The van der Waals surface area contributed by atoms with Gasteiger partial charge in [0.2, 0.25) is 0 Å². The topological polar surface area (TPSA) is 3.24 Å². The largest absolute Gasteiger partial charge is 0.299 e. The molecular formula is C21H27N. The van der Waals surface area contributed by atoms with Gasteiger partial charge in [-0.15, -0.1) is 0 Å². The van der Waals surface area contributed by atoms with E-state index in [0.717, 1.165) is 6.42 Å². The van der Waals surface area contributed by atoms with Crippen LogP contribution in [-0.4, -0.2) is 24.5 Å². The zero-order valence-corrected chi connectivity index (χ0v) is 14.3. The maximum Gasteiger partial charge on any atom is 0.0357 e. The van der Waals surface area contributed by atoms with Crippen LogP contribution in [0.3, 0.4) is 0 Å². The molecule has 3 rings (SSSR count). The number of likely N-dealkylation sites (N-methyl/N-ethyl adjacent to an activating group) is 1. The molecule has 22 heavy (non-hydrogen) atoms. The summed E-state index contributed by atoms with van der Waals surface area (Å²) in [6.07, 6.45) is 20.4. The Morgan fingerprint density at radius 1 is 1.32 bits per heavy atom. The summed E-state index contributed by atoms with van der Waals surface area (Å²) in [4.78, 5) is 2.47. The molecule has 1 nitrogen and oxygen atoms in total. The van der Waals surface area contributed by atoms with Gasteiger partial charge in [-0.3, -0.25) is 4.90 Å². The number of fused-ring (bicyclic) bond motifs is 1. The molecule has 2 unspecified atom stereocenters. The molecule has 3 aliphatic rings. The zero-order valence-electron chi connectivity index (χ0n) is 14.3. The van der Waals surface area contributed by atoms with E-state index in [4.69, 9.17) is 0 Å². The molecule has 2 atom stereocenters. The lowest BCUT2D eigenvalue weighted by Gasteiger charge is -2.45. The second kappa shape index (κ2) is 5.89. The van der Waals surface area contributed by atoms with E-state index in [1.165, 1.54) is 29.7 Å². The van der Waals surface area contributed by atoms with E-state index < -0.39 is 0 Å². The molecule has 2 aliphatic carbocycles. The number of hydrogen-bond donors (Lipinski definition) is 0. The molecule has 0 aromatic heterocycles. The number of rotatable bonds is 3. The first-order chi connectivity index (χ1) is 10.6. The maximum absolute atomic E-state index is 2.55.